The van der Waals surface area contributed by atoms with Gasteiger partial charge in [-0.15, -0.1) is 12.4 Å². The minimum absolute atomic E-state index is 0. The molecule has 1 fully saturated rings. The van der Waals surface area contributed by atoms with Crippen molar-refractivity contribution in [2.45, 2.75) is 25.8 Å². The summed E-state index contributed by atoms with van der Waals surface area (Å²) in [6.45, 7) is 2.93. The highest BCUT2D eigenvalue weighted by Crippen LogP contribution is 2.34. The normalized spacial score (nSPS) is 17.1. The predicted octanol–water partition coefficient (Wildman–Crippen LogP) is 3.98. The highest BCUT2D eigenvalue weighted by molar-refractivity contribution is 5.95. The maximum atomic E-state index is 12.7. The second-order valence-corrected chi connectivity index (χ2v) is 5.64. The molecule has 0 aromatic heterocycles. The smallest absolute Gasteiger partial charge is 0.254 e. The maximum absolute atomic E-state index is 12.7. The Labute approximate surface area is 137 Å². The number of hydrogen-bond acceptors (Lipinski definition) is 2. The van der Waals surface area contributed by atoms with Gasteiger partial charge in [0.2, 0.25) is 0 Å². The summed E-state index contributed by atoms with van der Waals surface area (Å²) in [4.78, 5) is 14.7. The van der Waals surface area contributed by atoms with Crippen molar-refractivity contribution in [3.05, 3.63) is 65.2 Å². The second kappa shape index (κ2) is 6.84. The molecular formula is C18H21ClN2O. The molecule has 0 aliphatic carbocycles. The lowest BCUT2D eigenvalue weighted by Crippen LogP contribution is -2.30. The van der Waals surface area contributed by atoms with Gasteiger partial charge < -0.3 is 10.6 Å². The number of likely N-dealkylation sites (tertiary alicyclic amines) is 1. The van der Waals surface area contributed by atoms with Gasteiger partial charge in [-0.3, -0.25) is 4.79 Å². The lowest BCUT2D eigenvalue weighted by atomic mass is 9.99. The van der Waals surface area contributed by atoms with Gasteiger partial charge in [0.05, 0.1) is 6.04 Å². The summed E-state index contributed by atoms with van der Waals surface area (Å²) in [6.07, 6.45) is 2.09. The number of amides is 1. The topological polar surface area (TPSA) is 46.3 Å². The molecule has 1 unspecified atom stereocenters. The first-order valence-electron chi connectivity index (χ1n) is 7.39. The third-order valence-corrected chi connectivity index (χ3v) is 4.22. The molecule has 4 heteroatoms. The summed E-state index contributed by atoms with van der Waals surface area (Å²) in [5.74, 6) is 0.0979. The average Bonchev–Trinajstić information content (AvgIpc) is 2.97. The van der Waals surface area contributed by atoms with Gasteiger partial charge in [-0.2, -0.15) is 0 Å². The molecule has 3 rings (SSSR count). The molecule has 2 aromatic carbocycles. The van der Waals surface area contributed by atoms with Crippen LogP contribution in [0.2, 0.25) is 0 Å². The molecule has 1 saturated heterocycles. The van der Waals surface area contributed by atoms with E-state index in [0.29, 0.717) is 11.3 Å². The number of halogens is 1. The summed E-state index contributed by atoms with van der Waals surface area (Å²) in [7, 11) is 0. The molecule has 0 spiro atoms. The molecule has 2 aromatic rings. The van der Waals surface area contributed by atoms with Crippen molar-refractivity contribution in [1.82, 2.24) is 4.90 Å². The molecule has 1 amide bonds. The molecule has 1 aliphatic heterocycles. The van der Waals surface area contributed by atoms with Crippen LogP contribution in [0.5, 0.6) is 0 Å². The second-order valence-electron chi connectivity index (χ2n) is 5.64. The standard InChI is InChI=1S/C18H20N2O.ClH/c1-13-5-2-3-6-16(13)17-7-4-12-20(17)18(21)14-8-10-15(19)11-9-14;/h2-3,5-6,8-11,17H,4,7,12,19H2,1H3;1H. The van der Waals surface area contributed by atoms with Crippen LogP contribution >= 0.6 is 12.4 Å². The van der Waals surface area contributed by atoms with E-state index in [9.17, 15) is 4.79 Å². The number of nitrogen functional groups attached to an aromatic ring is 1. The highest BCUT2D eigenvalue weighted by Gasteiger charge is 2.31. The van der Waals surface area contributed by atoms with Crippen molar-refractivity contribution < 1.29 is 4.79 Å². The molecule has 1 atom stereocenters. The Morgan fingerprint density at radius 3 is 2.50 bits per heavy atom. The third kappa shape index (κ3) is 3.09. The molecule has 2 N–H and O–H groups in total. The number of benzene rings is 2. The number of nitrogens with zero attached hydrogens (tertiary/aromatic N) is 1. The maximum Gasteiger partial charge on any atom is 0.254 e. The van der Waals surface area contributed by atoms with Gasteiger partial charge in [0.15, 0.2) is 0 Å². The van der Waals surface area contributed by atoms with E-state index in [0.717, 1.165) is 19.4 Å². The minimum atomic E-state index is 0. The third-order valence-electron chi connectivity index (χ3n) is 4.22. The van der Waals surface area contributed by atoms with Crippen LogP contribution in [0.1, 0.15) is 40.4 Å². The zero-order chi connectivity index (χ0) is 14.8. The fourth-order valence-electron chi connectivity index (χ4n) is 3.09. The monoisotopic (exact) mass is 316 g/mol. The fourth-order valence-corrected chi connectivity index (χ4v) is 3.09. The number of carbonyl (C=O) groups is 1. The Morgan fingerprint density at radius 1 is 1.14 bits per heavy atom. The van der Waals surface area contributed by atoms with Gasteiger partial charge in [0.1, 0.15) is 0 Å². The SMILES string of the molecule is Cc1ccccc1C1CCCN1C(=O)c1ccc(N)cc1.Cl. The minimum Gasteiger partial charge on any atom is -0.399 e. The average molecular weight is 317 g/mol. The number of carbonyl (C=O) groups excluding carboxylic acids is 1. The first-order chi connectivity index (χ1) is 10.2. The predicted molar refractivity (Wildman–Crippen MR) is 92.3 cm³/mol. The van der Waals surface area contributed by atoms with E-state index in [1.165, 1.54) is 11.1 Å². The quantitative estimate of drug-likeness (QED) is 0.852. The molecule has 0 bridgehead atoms. The summed E-state index contributed by atoms with van der Waals surface area (Å²) < 4.78 is 0. The van der Waals surface area contributed by atoms with Gasteiger partial charge in [-0.1, -0.05) is 24.3 Å². The van der Waals surface area contributed by atoms with Gasteiger partial charge in [-0.25, -0.2) is 0 Å². The van der Waals surface area contributed by atoms with E-state index in [1.54, 1.807) is 12.1 Å². The van der Waals surface area contributed by atoms with Gasteiger partial charge in [0.25, 0.3) is 5.91 Å². The van der Waals surface area contributed by atoms with Crippen LogP contribution in [0.15, 0.2) is 48.5 Å². The molecule has 0 saturated carbocycles. The number of nitrogens with two attached hydrogens (primary N) is 1. The van der Waals surface area contributed by atoms with E-state index < -0.39 is 0 Å². The number of hydrogen-bond donors (Lipinski definition) is 1. The molecule has 0 radical (unpaired) electrons. The first-order valence-corrected chi connectivity index (χ1v) is 7.39. The van der Waals surface area contributed by atoms with Crippen LogP contribution in [0.4, 0.5) is 5.69 Å². The van der Waals surface area contributed by atoms with Crippen molar-refractivity contribution in [2.75, 3.05) is 12.3 Å². The number of aryl methyl sites for hydroxylation is 1. The van der Waals surface area contributed by atoms with E-state index in [-0.39, 0.29) is 24.4 Å². The fraction of sp³-hybridized carbons (Fsp3) is 0.278. The lowest BCUT2D eigenvalue weighted by Gasteiger charge is -2.26. The van der Waals surface area contributed by atoms with Gasteiger partial charge in [-0.05, 0) is 55.2 Å². The molecule has 116 valence electrons. The molecule has 1 heterocycles. The van der Waals surface area contributed by atoms with Crippen molar-refractivity contribution in [2.24, 2.45) is 0 Å². The zero-order valence-corrected chi connectivity index (χ0v) is 13.5. The van der Waals surface area contributed by atoms with E-state index >= 15 is 0 Å². The lowest BCUT2D eigenvalue weighted by molar-refractivity contribution is 0.0735. The molecule has 22 heavy (non-hydrogen) atoms. The van der Waals surface area contributed by atoms with Crippen LogP contribution in [0.3, 0.4) is 0 Å². The Kier molecular flexibility index (Phi) is 5.09. The highest BCUT2D eigenvalue weighted by atomic mass is 35.5. The molecular weight excluding hydrogens is 296 g/mol. The van der Waals surface area contributed by atoms with Crippen molar-refractivity contribution in [3.8, 4) is 0 Å². The summed E-state index contributed by atoms with van der Waals surface area (Å²) in [5.41, 5.74) is 9.60. The Balaban J connectivity index is 0.00000176. The van der Waals surface area contributed by atoms with Crippen LogP contribution in [0.25, 0.3) is 0 Å². The number of rotatable bonds is 2. The van der Waals surface area contributed by atoms with Crippen molar-refractivity contribution in [1.29, 1.82) is 0 Å². The Morgan fingerprint density at radius 2 is 1.82 bits per heavy atom. The van der Waals surface area contributed by atoms with E-state index in [1.807, 2.05) is 29.2 Å². The zero-order valence-electron chi connectivity index (χ0n) is 12.7. The summed E-state index contributed by atoms with van der Waals surface area (Å²) in [6, 6.07) is 15.7. The summed E-state index contributed by atoms with van der Waals surface area (Å²) >= 11 is 0. The summed E-state index contributed by atoms with van der Waals surface area (Å²) in [5, 5.41) is 0. The Hall–Kier alpha value is -2.00. The Bertz CT molecular complexity index is 654. The van der Waals surface area contributed by atoms with Gasteiger partial charge in [0, 0.05) is 17.8 Å². The van der Waals surface area contributed by atoms with Crippen LogP contribution in [-0.2, 0) is 0 Å². The largest absolute Gasteiger partial charge is 0.399 e. The van der Waals surface area contributed by atoms with Gasteiger partial charge >= 0.3 is 0 Å². The first kappa shape index (κ1) is 16.4. The molecule has 3 nitrogen and oxygen atoms in total. The van der Waals surface area contributed by atoms with E-state index in [4.69, 9.17) is 5.73 Å². The van der Waals surface area contributed by atoms with Crippen molar-refractivity contribution in [3.63, 3.8) is 0 Å². The van der Waals surface area contributed by atoms with Crippen LogP contribution < -0.4 is 5.73 Å². The molecule has 1 aliphatic rings. The van der Waals surface area contributed by atoms with E-state index in [2.05, 4.69) is 19.1 Å². The van der Waals surface area contributed by atoms with Crippen molar-refractivity contribution >= 4 is 24.0 Å². The van der Waals surface area contributed by atoms with Crippen LogP contribution in [0, 0.1) is 6.92 Å². The number of anilines is 1. The van der Waals surface area contributed by atoms with Crippen LogP contribution in [-0.4, -0.2) is 17.4 Å².